The van der Waals surface area contributed by atoms with Gasteiger partial charge in [0.15, 0.2) is 5.16 Å². The second-order valence-corrected chi connectivity index (χ2v) is 5.76. The van der Waals surface area contributed by atoms with Gasteiger partial charge in [-0.05, 0) is 12.7 Å². The number of aromatic nitrogens is 2. The van der Waals surface area contributed by atoms with Crippen LogP contribution in [0.3, 0.4) is 0 Å². The van der Waals surface area contributed by atoms with E-state index in [1.54, 1.807) is 12.1 Å². The van der Waals surface area contributed by atoms with Crippen molar-refractivity contribution in [3.05, 3.63) is 39.9 Å². The number of nitriles is 1. The van der Waals surface area contributed by atoms with Gasteiger partial charge in [0.05, 0.1) is 10.6 Å². The molecule has 0 unspecified atom stereocenters. The molecule has 0 atom stereocenters. The average Bonchev–Trinajstić information content (AvgIpc) is 2.61. The maximum atomic E-state index is 11.0. The summed E-state index contributed by atoms with van der Waals surface area (Å²) in [5, 5.41) is 24.2. The van der Waals surface area contributed by atoms with Crippen LogP contribution in [0.15, 0.2) is 29.4 Å². The van der Waals surface area contributed by atoms with E-state index in [-0.39, 0.29) is 5.69 Å². The van der Waals surface area contributed by atoms with Crippen molar-refractivity contribution in [1.29, 1.82) is 5.26 Å². The van der Waals surface area contributed by atoms with E-state index in [4.69, 9.17) is 0 Å². The first-order chi connectivity index (χ1) is 11.6. The van der Waals surface area contributed by atoms with Crippen LogP contribution in [-0.4, -0.2) is 27.7 Å². The first-order valence-corrected chi connectivity index (χ1v) is 8.68. The molecular weight excluding hydrogens is 326 g/mol. The summed E-state index contributed by atoms with van der Waals surface area (Å²) in [7, 11) is 0. The van der Waals surface area contributed by atoms with Crippen LogP contribution < -0.4 is 5.32 Å². The quantitative estimate of drug-likeness (QED) is 0.267. The lowest BCUT2D eigenvalue weighted by Gasteiger charge is -2.12. The number of thioether (sulfide) groups is 1. The van der Waals surface area contributed by atoms with E-state index in [1.165, 1.54) is 23.9 Å². The highest BCUT2D eigenvalue weighted by molar-refractivity contribution is 7.98. The molecule has 0 spiro atoms. The Morgan fingerprint density at radius 1 is 1.42 bits per heavy atom. The molecule has 0 bridgehead atoms. The van der Waals surface area contributed by atoms with Crippen molar-refractivity contribution in [1.82, 2.24) is 9.97 Å². The van der Waals surface area contributed by atoms with E-state index in [0.717, 1.165) is 12.8 Å². The summed E-state index contributed by atoms with van der Waals surface area (Å²) in [5.74, 6) is 0.465. The zero-order chi connectivity index (χ0) is 17.5. The number of nitrogens with zero attached hydrogens (tertiary/aromatic N) is 4. The Balaban J connectivity index is 2.55. The molecule has 1 heterocycles. The van der Waals surface area contributed by atoms with Crippen LogP contribution in [0.5, 0.6) is 0 Å². The number of nitro groups is 1. The molecule has 7 nitrogen and oxygen atoms in total. The topological polar surface area (TPSA) is 105 Å². The second-order valence-electron chi connectivity index (χ2n) is 4.98. The van der Waals surface area contributed by atoms with E-state index >= 15 is 0 Å². The first-order valence-electron chi connectivity index (χ1n) is 7.45. The van der Waals surface area contributed by atoms with Crippen molar-refractivity contribution in [2.24, 2.45) is 0 Å². The normalized spacial score (nSPS) is 10.2. The van der Waals surface area contributed by atoms with Crippen LogP contribution in [0.2, 0.25) is 0 Å². The number of anilines is 1. The van der Waals surface area contributed by atoms with Crippen LogP contribution in [-0.2, 0) is 0 Å². The minimum atomic E-state index is -0.466. The molecule has 0 aliphatic rings. The van der Waals surface area contributed by atoms with Gasteiger partial charge in [0.2, 0.25) is 0 Å². The lowest BCUT2D eigenvalue weighted by molar-refractivity contribution is -0.384. The van der Waals surface area contributed by atoms with Crippen molar-refractivity contribution in [3.8, 4) is 17.3 Å². The Morgan fingerprint density at radius 2 is 2.21 bits per heavy atom. The summed E-state index contributed by atoms with van der Waals surface area (Å²) < 4.78 is 0. The zero-order valence-electron chi connectivity index (χ0n) is 13.4. The number of nitrogens with one attached hydrogen (secondary N) is 1. The summed E-state index contributed by atoms with van der Waals surface area (Å²) in [5.41, 5.74) is 1.18. The number of unbranched alkanes of at least 4 members (excludes halogenated alkanes) is 1. The smallest absolute Gasteiger partial charge is 0.270 e. The van der Waals surface area contributed by atoms with Crippen molar-refractivity contribution in [2.75, 3.05) is 18.1 Å². The molecule has 124 valence electrons. The molecular formula is C16H17N5O2S. The summed E-state index contributed by atoms with van der Waals surface area (Å²) in [6, 6.07) is 8.24. The first kappa shape index (κ1) is 17.7. The van der Waals surface area contributed by atoms with Crippen LogP contribution in [0.1, 0.15) is 25.3 Å². The monoisotopic (exact) mass is 343 g/mol. The number of hydrogen-bond acceptors (Lipinski definition) is 7. The number of hydrogen-bond donors (Lipinski definition) is 1. The Labute approximate surface area is 144 Å². The van der Waals surface area contributed by atoms with Crippen LogP contribution in [0, 0.1) is 21.4 Å². The third kappa shape index (κ3) is 4.00. The fourth-order valence-electron chi connectivity index (χ4n) is 2.12. The Morgan fingerprint density at radius 3 is 2.83 bits per heavy atom. The molecule has 1 N–H and O–H groups in total. The second kappa shape index (κ2) is 8.26. The predicted molar refractivity (Wildman–Crippen MR) is 94.0 cm³/mol. The van der Waals surface area contributed by atoms with Crippen molar-refractivity contribution in [3.63, 3.8) is 0 Å². The van der Waals surface area contributed by atoms with E-state index in [9.17, 15) is 15.4 Å². The molecule has 1 aromatic carbocycles. The lowest BCUT2D eigenvalue weighted by Crippen LogP contribution is -2.08. The molecule has 0 fully saturated rings. The van der Waals surface area contributed by atoms with Crippen LogP contribution >= 0.6 is 11.8 Å². The molecule has 8 heteroatoms. The van der Waals surface area contributed by atoms with Crippen molar-refractivity contribution in [2.45, 2.75) is 24.9 Å². The molecule has 2 aromatic rings. The number of rotatable bonds is 7. The maximum Gasteiger partial charge on any atom is 0.270 e. The number of benzene rings is 1. The van der Waals surface area contributed by atoms with Gasteiger partial charge in [-0.15, -0.1) is 0 Å². The fraction of sp³-hybridized carbons (Fsp3) is 0.312. The number of nitro benzene ring substituents is 1. The highest BCUT2D eigenvalue weighted by atomic mass is 32.2. The van der Waals surface area contributed by atoms with E-state index in [0.29, 0.717) is 34.3 Å². The third-order valence-electron chi connectivity index (χ3n) is 3.34. The van der Waals surface area contributed by atoms with Gasteiger partial charge in [-0.25, -0.2) is 9.97 Å². The Hall–Kier alpha value is -2.66. The third-order valence-corrected chi connectivity index (χ3v) is 3.88. The summed E-state index contributed by atoms with van der Waals surface area (Å²) in [4.78, 5) is 19.3. The lowest BCUT2D eigenvalue weighted by atomic mass is 10.1. The van der Waals surface area contributed by atoms with E-state index < -0.39 is 4.92 Å². The SMILES string of the molecule is CCCCNc1nc(SC)nc(-c2cccc([N+](=O)[O-])c2)c1C#N. The molecule has 0 saturated heterocycles. The molecule has 0 aliphatic heterocycles. The van der Waals surface area contributed by atoms with E-state index in [1.807, 2.05) is 6.26 Å². The van der Waals surface area contributed by atoms with Gasteiger partial charge in [0.25, 0.3) is 5.69 Å². The Bertz CT molecular complexity index is 789. The largest absolute Gasteiger partial charge is 0.369 e. The summed E-state index contributed by atoms with van der Waals surface area (Å²) >= 11 is 1.36. The maximum absolute atomic E-state index is 11.0. The molecule has 0 saturated carbocycles. The van der Waals surface area contributed by atoms with Crippen molar-refractivity contribution >= 4 is 23.3 Å². The minimum Gasteiger partial charge on any atom is -0.369 e. The summed E-state index contributed by atoms with van der Waals surface area (Å²) in [6.45, 7) is 2.78. The van der Waals surface area contributed by atoms with E-state index in [2.05, 4.69) is 28.3 Å². The molecule has 0 aliphatic carbocycles. The van der Waals surface area contributed by atoms with Gasteiger partial charge in [0, 0.05) is 24.2 Å². The average molecular weight is 343 g/mol. The van der Waals surface area contributed by atoms with Crippen molar-refractivity contribution < 1.29 is 4.92 Å². The van der Waals surface area contributed by atoms with Gasteiger partial charge >= 0.3 is 0 Å². The Kier molecular flexibility index (Phi) is 6.09. The van der Waals surface area contributed by atoms with Crippen LogP contribution in [0.4, 0.5) is 11.5 Å². The highest BCUT2D eigenvalue weighted by Gasteiger charge is 2.17. The number of non-ortho nitro benzene ring substituents is 1. The van der Waals surface area contributed by atoms with Gasteiger partial charge in [-0.1, -0.05) is 37.2 Å². The highest BCUT2D eigenvalue weighted by Crippen LogP contribution is 2.30. The molecule has 2 rings (SSSR count). The standard InChI is InChI=1S/C16H17N5O2S/c1-3-4-8-18-15-13(10-17)14(19-16(20-15)24-2)11-6-5-7-12(9-11)21(22)23/h5-7,9H,3-4,8H2,1-2H3,(H,18,19,20). The fourth-order valence-corrected chi connectivity index (χ4v) is 2.49. The molecule has 0 radical (unpaired) electrons. The minimum absolute atomic E-state index is 0.0406. The predicted octanol–water partition coefficient (Wildman–Crippen LogP) is 3.86. The molecule has 24 heavy (non-hydrogen) atoms. The summed E-state index contributed by atoms with van der Waals surface area (Å²) in [6.07, 6.45) is 3.82. The van der Waals surface area contributed by atoms with Gasteiger partial charge in [-0.2, -0.15) is 5.26 Å². The zero-order valence-corrected chi connectivity index (χ0v) is 14.3. The molecule has 1 aromatic heterocycles. The molecule has 0 amide bonds. The van der Waals surface area contributed by atoms with Gasteiger partial charge < -0.3 is 5.32 Å². The van der Waals surface area contributed by atoms with Gasteiger partial charge in [0.1, 0.15) is 17.5 Å². The van der Waals surface area contributed by atoms with Crippen LogP contribution in [0.25, 0.3) is 11.3 Å². The van der Waals surface area contributed by atoms with Gasteiger partial charge in [-0.3, -0.25) is 10.1 Å².